The van der Waals surface area contributed by atoms with E-state index in [0.717, 1.165) is 17.1 Å². The zero-order valence-corrected chi connectivity index (χ0v) is 10.6. The Hall–Kier alpha value is -0.670. The molecule has 16 heavy (non-hydrogen) atoms. The summed E-state index contributed by atoms with van der Waals surface area (Å²) >= 11 is 1.66. The van der Waals surface area contributed by atoms with Gasteiger partial charge in [0.2, 0.25) is 0 Å². The van der Waals surface area contributed by atoms with E-state index in [1.54, 1.807) is 11.3 Å². The lowest BCUT2D eigenvalue weighted by atomic mass is 9.94. The topological polar surface area (TPSA) is 33.1 Å². The van der Waals surface area contributed by atoms with Gasteiger partial charge < -0.3 is 5.11 Å². The van der Waals surface area contributed by atoms with E-state index in [4.69, 9.17) is 0 Å². The molecule has 0 bridgehead atoms. The summed E-state index contributed by atoms with van der Waals surface area (Å²) in [5, 5.41) is 13.1. The molecule has 0 aromatic carbocycles. The Morgan fingerprint density at radius 2 is 2.31 bits per heavy atom. The van der Waals surface area contributed by atoms with Crippen molar-refractivity contribution in [2.24, 2.45) is 0 Å². The van der Waals surface area contributed by atoms with Crippen LogP contribution in [0.4, 0.5) is 0 Å². The third-order valence-corrected chi connectivity index (χ3v) is 3.82. The monoisotopic (exact) mass is 237 g/mol. The maximum Gasteiger partial charge on any atom is 0.0897 e. The summed E-state index contributed by atoms with van der Waals surface area (Å²) in [5.41, 5.74) is 2.47. The fourth-order valence-corrected chi connectivity index (χ4v) is 2.83. The van der Waals surface area contributed by atoms with Crippen LogP contribution in [0.5, 0.6) is 0 Å². The van der Waals surface area contributed by atoms with Gasteiger partial charge in [0.15, 0.2) is 0 Å². The van der Waals surface area contributed by atoms with E-state index in [0.29, 0.717) is 6.42 Å². The average Bonchev–Trinajstić information content (AvgIpc) is 2.65. The van der Waals surface area contributed by atoms with E-state index in [-0.39, 0.29) is 6.10 Å². The molecule has 1 unspecified atom stereocenters. The Labute approximate surface area is 101 Å². The molecule has 3 heteroatoms. The van der Waals surface area contributed by atoms with Crippen molar-refractivity contribution in [2.75, 3.05) is 0 Å². The van der Waals surface area contributed by atoms with E-state index in [9.17, 15) is 5.11 Å². The number of allylic oxidation sites excluding steroid dienone is 1. The second kappa shape index (κ2) is 5.60. The van der Waals surface area contributed by atoms with Crippen molar-refractivity contribution in [1.29, 1.82) is 0 Å². The molecule has 0 spiro atoms. The van der Waals surface area contributed by atoms with Crippen molar-refractivity contribution in [3.05, 3.63) is 27.7 Å². The highest BCUT2D eigenvalue weighted by atomic mass is 32.1. The lowest BCUT2D eigenvalue weighted by Crippen LogP contribution is -2.12. The van der Waals surface area contributed by atoms with Crippen LogP contribution in [0.1, 0.15) is 42.8 Å². The minimum absolute atomic E-state index is 0.258. The largest absolute Gasteiger partial charge is 0.392 e. The Kier molecular flexibility index (Phi) is 4.13. The van der Waals surface area contributed by atoms with Crippen LogP contribution in [0.15, 0.2) is 17.0 Å². The fraction of sp³-hybridized carbons (Fsp3) is 0.615. The first-order valence-electron chi connectivity index (χ1n) is 6.01. The average molecular weight is 237 g/mol. The third kappa shape index (κ3) is 3.42. The summed E-state index contributed by atoms with van der Waals surface area (Å²) in [7, 11) is 0. The quantitative estimate of drug-likeness (QED) is 0.815. The highest BCUT2D eigenvalue weighted by Gasteiger charge is 2.12. The van der Waals surface area contributed by atoms with Gasteiger partial charge in [0.05, 0.1) is 16.8 Å². The SMILES string of the molecule is Cc1nc(CC(O)CC2=CCCCC2)cs1. The normalized spacial score (nSPS) is 18.2. The molecule has 0 aliphatic heterocycles. The molecule has 0 amide bonds. The van der Waals surface area contributed by atoms with Crippen LogP contribution in [0.2, 0.25) is 0 Å². The minimum atomic E-state index is -0.258. The highest BCUT2D eigenvalue weighted by molar-refractivity contribution is 7.09. The number of hydrogen-bond acceptors (Lipinski definition) is 3. The Balaban J connectivity index is 1.83. The summed E-state index contributed by atoms with van der Waals surface area (Å²) in [6.45, 7) is 2.00. The Morgan fingerprint density at radius 1 is 1.44 bits per heavy atom. The summed E-state index contributed by atoms with van der Waals surface area (Å²) in [6.07, 6.45) is 8.53. The predicted octanol–water partition coefficient (Wildman–Crippen LogP) is 3.25. The number of rotatable bonds is 4. The van der Waals surface area contributed by atoms with E-state index >= 15 is 0 Å². The Bertz CT molecular complexity index is 370. The van der Waals surface area contributed by atoms with Crippen LogP contribution in [0, 0.1) is 6.92 Å². The molecule has 2 nitrogen and oxygen atoms in total. The zero-order valence-electron chi connectivity index (χ0n) is 9.78. The second-order valence-corrected chi connectivity index (χ2v) is 5.59. The second-order valence-electron chi connectivity index (χ2n) is 4.53. The highest BCUT2D eigenvalue weighted by Crippen LogP contribution is 2.22. The first kappa shape index (κ1) is 11.8. The molecule has 88 valence electrons. The molecule has 0 saturated heterocycles. The van der Waals surface area contributed by atoms with Crippen LogP contribution < -0.4 is 0 Å². The van der Waals surface area contributed by atoms with Crippen molar-refractivity contribution in [1.82, 2.24) is 4.98 Å². The van der Waals surface area contributed by atoms with Crippen molar-refractivity contribution in [3.63, 3.8) is 0 Å². The van der Waals surface area contributed by atoms with Gasteiger partial charge in [0.25, 0.3) is 0 Å². The lowest BCUT2D eigenvalue weighted by molar-refractivity contribution is 0.172. The van der Waals surface area contributed by atoms with E-state index in [2.05, 4.69) is 11.1 Å². The number of aryl methyl sites for hydroxylation is 1. The molecular formula is C13H19NOS. The minimum Gasteiger partial charge on any atom is -0.392 e. The first-order chi connectivity index (χ1) is 7.74. The van der Waals surface area contributed by atoms with Crippen LogP contribution in [0.25, 0.3) is 0 Å². The molecular weight excluding hydrogens is 218 g/mol. The van der Waals surface area contributed by atoms with Gasteiger partial charge >= 0.3 is 0 Å². The van der Waals surface area contributed by atoms with Crippen molar-refractivity contribution in [2.45, 2.75) is 51.6 Å². The van der Waals surface area contributed by atoms with Crippen LogP contribution in [-0.4, -0.2) is 16.2 Å². The van der Waals surface area contributed by atoms with Crippen molar-refractivity contribution < 1.29 is 5.11 Å². The van der Waals surface area contributed by atoms with Gasteiger partial charge in [-0.05, 0) is 39.0 Å². The third-order valence-electron chi connectivity index (χ3n) is 2.99. The van der Waals surface area contributed by atoms with Crippen molar-refractivity contribution >= 4 is 11.3 Å². The smallest absolute Gasteiger partial charge is 0.0897 e. The maximum atomic E-state index is 9.99. The van der Waals surface area contributed by atoms with E-state index in [1.807, 2.05) is 12.3 Å². The number of nitrogens with zero attached hydrogens (tertiary/aromatic N) is 1. The molecule has 1 aromatic rings. The van der Waals surface area contributed by atoms with Crippen LogP contribution >= 0.6 is 11.3 Å². The number of aliphatic hydroxyl groups is 1. The van der Waals surface area contributed by atoms with Gasteiger partial charge in [-0.1, -0.05) is 11.6 Å². The summed E-state index contributed by atoms with van der Waals surface area (Å²) in [5.74, 6) is 0. The van der Waals surface area contributed by atoms with Gasteiger partial charge in [0.1, 0.15) is 0 Å². The standard InChI is InChI=1S/C13H19NOS/c1-10-14-12(9-16-10)8-13(15)7-11-5-3-2-4-6-11/h5,9,13,15H,2-4,6-8H2,1H3. The molecule has 0 radical (unpaired) electrons. The lowest BCUT2D eigenvalue weighted by Gasteiger charge is -2.15. The Morgan fingerprint density at radius 3 is 2.94 bits per heavy atom. The van der Waals surface area contributed by atoms with Gasteiger partial charge in [-0.15, -0.1) is 11.3 Å². The van der Waals surface area contributed by atoms with Crippen molar-refractivity contribution in [3.8, 4) is 0 Å². The molecule has 0 saturated carbocycles. The molecule has 1 N–H and O–H groups in total. The maximum absolute atomic E-state index is 9.99. The van der Waals surface area contributed by atoms with Gasteiger partial charge in [-0.2, -0.15) is 0 Å². The van der Waals surface area contributed by atoms with Gasteiger partial charge in [-0.3, -0.25) is 0 Å². The summed E-state index contributed by atoms with van der Waals surface area (Å²) < 4.78 is 0. The molecule has 2 rings (SSSR count). The molecule has 1 atom stereocenters. The fourth-order valence-electron chi connectivity index (χ4n) is 2.21. The van der Waals surface area contributed by atoms with Gasteiger partial charge in [0, 0.05) is 11.8 Å². The zero-order chi connectivity index (χ0) is 11.4. The van der Waals surface area contributed by atoms with E-state index < -0.39 is 0 Å². The molecule has 0 fully saturated rings. The number of thiazole rings is 1. The molecule has 1 aliphatic carbocycles. The molecule has 1 aliphatic rings. The summed E-state index contributed by atoms with van der Waals surface area (Å²) in [6, 6.07) is 0. The number of aliphatic hydroxyl groups excluding tert-OH is 1. The predicted molar refractivity (Wildman–Crippen MR) is 67.7 cm³/mol. The summed E-state index contributed by atoms with van der Waals surface area (Å²) in [4.78, 5) is 4.38. The van der Waals surface area contributed by atoms with Crippen LogP contribution in [0.3, 0.4) is 0 Å². The van der Waals surface area contributed by atoms with E-state index in [1.165, 1.54) is 31.3 Å². The first-order valence-corrected chi connectivity index (χ1v) is 6.89. The molecule has 1 aromatic heterocycles. The number of aromatic nitrogens is 1. The number of hydrogen-bond donors (Lipinski definition) is 1. The van der Waals surface area contributed by atoms with Gasteiger partial charge in [-0.25, -0.2) is 4.98 Å². The van der Waals surface area contributed by atoms with Crippen LogP contribution in [-0.2, 0) is 6.42 Å². The molecule has 1 heterocycles.